The molecule has 1 aliphatic carbocycles. The van der Waals surface area contributed by atoms with E-state index >= 15 is 0 Å². The number of nitrogens with zero attached hydrogens (tertiary/aromatic N) is 1. The first-order chi connectivity index (χ1) is 9.65. The lowest BCUT2D eigenvalue weighted by atomic mass is 9.98. The van der Waals surface area contributed by atoms with Crippen molar-refractivity contribution in [3.8, 4) is 5.75 Å². The zero-order valence-electron chi connectivity index (χ0n) is 13.1. The van der Waals surface area contributed by atoms with Gasteiger partial charge in [-0.15, -0.1) is 0 Å². The second kappa shape index (κ2) is 7.63. The van der Waals surface area contributed by atoms with Gasteiger partial charge in [-0.25, -0.2) is 0 Å². The second-order valence-electron chi connectivity index (χ2n) is 6.30. The van der Waals surface area contributed by atoms with Gasteiger partial charge in [-0.3, -0.25) is 4.98 Å². The average molecular weight is 276 g/mol. The highest BCUT2D eigenvalue weighted by molar-refractivity contribution is 5.29. The molecular formula is C17H28N2O. The molecule has 3 heteroatoms. The molecule has 0 bridgehead atoms. The van der Waals surface area contributed by atoms with Gasteiger partial charge in [0.1, 0.15) is 5.75 Å². The molecule has 3 nitrogen and oxygen atoms in total. The summed E-state index contributed by atoms with van der Waals surface area (Å²) in [7, 11) is 0. The molecule has 0 aliphatic heterocycles. The molecule has 1 fully saturated rings. The highest BCUT2D eigenvalue weighted by atomic mass is 16.5. The number of rotatable bonds is 6. The van der Waals surface area contributed by atoms with Crippen LogP contribution in [0.3, 0.4) is 0 Å². The molecule has 1 saturated carbocycles. The van der Waals surface area contributed by atoms with Crippen molar-refractivity contribution in [2.24, 2.45) is 5.92 Å². The van der Waals surface area contributed by atoms with E-state index in [1.54, 1.807) is 0 Å². The van der Waals surface area contributed by atoms with Crippen LogP contribution in [-0.2, 0) is 6.54 Å². The number of nitrogens with one attached hydrogen (secondary N) is 1. The smallest absolute Gasteiger partial charge is 0.142 e. The molecule has 0 saturated heterocycles. The largest absolute Gasteiger partial charge is 0.488 e. The van der Waals surface area contributed by atoms with E-state index in [1.165, 1.54) is 32.1 Å². The van der Waals surface area contributed by atoms with E-state index in [0.717, 1.165) is 30.2 Å². The lowest BCUT2D eigenvalue weighted by Gasteiger charge is -2.24. The lowest BCUT2D eigenvalue weighted by molar-refractivity contribution is 0.152. The van der Waals surface area contributed by atoms with Crippen LogP contribution >= 0.6 is 0 Å². The average Bonchev–Trinajstić information content (AvgIpc) is 2.42. The van der Waals surface area contributed by atoms with E-state index in [4.69, 9.17) is 4.74 Å². The van der Waals surface area contributed by atoms with Crippen molar-refractivity contribution < 1.29 is 4.74 Å². The third-order valence-electron chi connectivity index (χ3n) is 3.76. The second-order valence-corrected chi connectivity index (χ2v) is 6.30. The van der Waals surface area contributed by atoms with Crippen LogP contribution in [-0.4, -0.2) is 17.6 Å². The van der Waals surface area contributed by atoms with Crippen LogP contribution in [0.2, 0.25) is 0 Å². The predicted molar refractivity (Wildman–Crippen MR) is 83.0 cm³/mol. The van der Waals surface area contributed by atoms with E-state index in [0.29, 0.717) is 12.0 Å². The molecule has 0 radical (unpaired) electrons. The summed E-state index contributed by atoms with van der Waals surface area (Å²) in [6.07, 6.45) is 6.71. The van der Waals surface area contributed by atoms with E-state index in [1.807, 2.05) is 13.0 Å². The first kappa shape index (κ1) is 15.3. The normalized spacial score (nSPS) is 16.6. The van der Waals surface area contributed by atoms with Crippen LogP contribution in [0.25, 0.3) is 0 Å². The molecular weight excluding hydrogens is 248 g/mol. The minimum absolute atomic E-state index is 0.386. The molecule has 0 atom stereocenters. The van der Waals surface area contributed by atoms with Gasteiger partial charge in [0.2, 0.25) is 0 Å². The summed E-state index contributed by atoms with van der Waals surface area (Å²) in [6, 6.07) is 4.13. The maximum absolute atomic E-state index is 6.20. The molecule has 1 aliphatic rings. The molecule has 1 heterocycles. The predicted octanol–water partition coefficient (Wildman–Crippen LogP) is 3.85. The van der Waals surface area contributed by atoms with Gasteiger partial charge in [0.05, 0.1) is 11.8 Å². The van der Waals surface area contributed by atoms with Crippen molar-refractivity contribution in [3.05, 3.63) is 23.5 Å². The highest BCUT2D eigenvalue weighted by Gasteiger charge is 2.17. The fraction of sp³-hybridized carbons (Fsp3) is 0.706. The SMILES string of the molecule is Cc1ccc(OC2CCCCC2)c(CNCC(C)C)n1. The van der Waals surface area contributed by atoms with Crippen LogP contribution in [0.5, 0.6) is 5.75 Å². The molecule has 2 rings (SSSR count). The maximum Gasteiger partial charge on any atom is 0.142 e. The molecule has 112 valence electrons. The lowest BCUT2D eigenvalue weighted by Crippen LogP contribution is -2.23. The Kier molecular flexibility index (Phi) is 5.84. The van der Waals surface area contributed by atoms with Gasteiger partial charge in [-0.05, 0) is 57.2 Å². The molecule has 0 amide bonds. The Hall–Kier alpha value is -1.09. The fourth-order valence-corrected chi connectivity index (χ4v) is 2.67. The summed E-state index contributed by atoms with van der Waals surface area (Å²) in [5.74, 6) is 1.63. The zero-order chi connectivity index (χ0) is 14.4. The fourth-order valence-electron chi connectivity index (χ4n) is 2.67. The Balaban J connectivity index is 1.98. The highest BCUT2D eigenvalue weighted by Crippen LogP contribution is 2.25. The summed E-state index contributed by atoms with van der Waals surface area (Å²) in [5.41, 5.74) is 2.11. The van der Waals surface area contributed by atoms with E-state index in [9.17, 15) is 0 Å². The van der Waals surface area contributed by atoms with Gasteiger partial charge in [-0.2, -0.15) is 0 Å². The quantitative estimate of drug-likeness (QED) is 0.857. The van der Waals surface area contributed by atoms with Crippen molar-refractivity contribution in [2.45, 2.75) is 65.5 Å². The van der Waals surface area contributed by atoms with Gasteiger partial charge in [0, 0.05) is 12.2 Å². The topological polar surface area (TPSA) is 34.1 Å². The van der Waals surface area contributed by atoms with Gasteiger partial charge in [-0.1, -0.05) is 20.3 Å². The van der Waals surface area contributed by atoms with Crippen molar-refractivity contribution in [1.82, 2.24) is 10.3 Å². The van der Waals surface area contributed by atoms with E-state index in [2.05, 4.69) is 30.2 Å². The van der Waals surface area contributed by atoms with Gasteiger partial charge >= 0.3 is 0 Å². The van der Waals surface area contributed by atoms with Crippen molar-refractivity contribution in [3.63, 3.8) is 0 Å². The summed E-state index contributed by atoms with van der Waals surface area (Å²) >= 11 is 0. The number of hydrogen-bond acceptors (Lipinski definition) is 3. The van der Waals surface area contributed by atoms with Gasteiger partial charge < -0.3 is 10.1 Å². The summed E-state index contributed by atoms with van der Waals surface area (Å²) in [4.78, 5) is 4.65. The number of pyridine rings is 1. The molecule has 1 N–H and O–H groups in total. The van der Waals surface area contributed by atoms with Crippen molar-refractivity contribution in [1.29, 1.82) is 0 Å². The molecule has 0 spiro atoms. The molecule has 0 aromatic carbocycles. The zero-order valence-corrected chi connectivity index (χ0v) is 13.1. The van der Waals surface area contributed by atoms with E-state index in [-0.39, 0.29) is 0 Å². The Morgan fingerprint density at radius 3 is 2.70 bits per heavy atom. The monoisotopic (exact) mass is 276 g/mol. The van der Waals surface area contributed by atoms with Crippen LogP contribution in [0, 0.1) is 12.8 Å². The standard InChI is InChI=1S/C17H28N2O/c1-13(2)11-18-12-16-17(10-9-14(3)19-16)20-15-7-5-4-6-8-15/h9-10,13,15,18H,4-8,11-12H2,1-3H3. The Bertz CT molecular complexity index is 411. The third kappa shape index (κ3) is 4.78. The first-order valence-corrected chi connectivity index (χ1v) is 7.99. The van der Waals surface area contributed by atoms with Crippen molar-refractivity contribution >= 4 is 0 Å². The molecule has 1 aromatic rings. The Morgan fingerprint density at radius 1 is 1.25 bits per heavy atom. The minimum Gasteiger partial charge on any atom is -0.488 e. The summed E-state index contributed by atoms with van der Waals surface area (Å²) < 4.78 is 6.20. The number of ether oxygens (including phenoxy) is 1. The van der Waals surface area contributed by atoms with Gasteiger partial charge in [0.25, 0.3) is 0 Å². The maximum atomic E-state index is 6.20. The van der Waals surface area contributed by atoms with E-state index < -0.39 is 0 Å². The summed E-state index contributed by atoms with van der Waals surface area (Å²) in [6.45, 7) is 8.28. The first-order valence-electron chi connectivity index (χ1n) is 7.99. The third-order valence-corrected chi connectivity index (χ3v) is 3.76. The number of hydrogen-bond donors (Lipinski definition) is 1. The van der Waals surface area contributed by atoms with Crippen LogP contribution in [0.4, 0.5) is 0 Å². The van der Waals surface area contributed by atoms with Crippen LogP contribution in [0.15, 0.2) is 12.1 Å². The summed E-state index contributed by atoms with van der Waals surface area (Å²) in [5, 5.41) is 3.46. The minimum atomic E-state index is 0.386. The van der Waals surface area contributed by atoms with Crippen molar-refractivity contribution in [2.75, 3.05) is 6.54 Å². The Morgan fingerprint density at radius 2 is 2.00 bits per heavy atom. The molecule has 1 aromatic heterocycles. The number of aryl methyl sites for hydroxylation is 1. The van der Waals surface area contributed by atoms with Crippen LogP contribution in [0.1, 0.15) is 57.3 Å². The molecule has 0 unspecified atom stereocenters. The molecule has 20 heavy (non-hydrogen) atoms. The Labute approximate surface area is 123 Å². The number of aromatic nitrogens is 1. The van der Waals surface area contributed by atoms with Gasteiger partial charge in [0.15, 0.2) is 0 Å². The van der Waals surface area contributed by atoms with Crippen LogP contribution < -0.4 is 10.1 Å².